The fraction of sp³-hybridized carbons (Fsp3) is 0.667. The first-order valence-corrected chi connectivity index (χ1v) is 13.7. The van der Waals surface area contributed by atoms with Crippen LogP contribution in [0.5, 0.6) is 0 Å². The van der Waals surface area contributed by atoms with Crippen LogP contribution in [0.15, 0.2) is 18.2 Å². The van der Waals surface area contributed by atoms with Crippen molar-refractivity contribution in [2.24, 2.45) is 5.92 Å². The predicted octanol–water partition coefficient (Wildman–Crippen LogP) is 3.66. The molecular weight excluding hydrogens is 464 g/mol. The molecule has 0 aromatic heterocycles. The van der Waals surface area contributed by atoms with Crippen LogP contribution in [-0.4, -0.2) is 52.1 Å². The van der Waals surface area contributed by atoms with Crippen LogP contribution in [0.25, 0.3) is 0 Å². The molecule has 2 N–H and O–H groups in total. The Kier molecular flexibility index (Phi) is 7.02. The molecule has 5 atom stereocenters. The van der Waals surface area contributed by atoms with Crippen LogP contribution in [0.2, 0.25) is 0 Å². The Hall–Kier alpha value is -1.85. The van der Waals surface area contributed by atoms with E-state index >= 15 is 0 Å². The number of carbonyl (C=O) groups excluding carboxylic acids is 3. The molecule has 2 saturated carbocycles. The van der Waals surface area contributed by atoms with Gasteiger partial charge in [-0.1, -0.05) is 19.1 Å². The molecule has 3 fully saturated rings. The Labute approximate surface area is 209 Å². The number of hydrogen-bond acceptors (Lipinski definition) is 4. The lowest BCUT2D eigenvalue weighted by Gasteiger charge is -2.40. The Balaban J connectivity index is 1.26. The normalized spacial score (nSPS) is 35.7. The first-order chi connectivity index (χ1) is 16.7. The zero-order valence-corrected chi connectivity index (χ0v) is 21.7. The standard InChI is InChI=1S/C27H37FN3O3P/c1-27(35)10-8-20(9-11-27)29-22-5-3-19(28)14-17(22)12-16-2-4-21-18(13-16)15-31(26(21)34)23-6-7-24(32)30-25(23)33/h2,4,13,17,19-20,22-23,29H,3,5-12,14-15,35H2,1H3,(H,30,32,33)/t17-,19?,20?,22?,23?,27?/m0/s1. The van der Waals surface area contributed by atoms with E-state index in [0.717, 1.165) is 24.0 Å². The molecule has 1 aromatic rings. The van der Waals surface area contributed by atoms with Crippen molar-refractivity contribution in [3.8, 4) is 0 Å². The molecule has 35 heavy (non-hydrogen) atoms. The zero-order chi connectivity index (χ0) is 24.7. The first kappa shape index (κ1) is 24.8. The van der Waals surface area contributed by atoms with E-state index in [9.17, 15) is 18.8 Å². The second kappa shape index (κ2) is 9.89. The number of imide groups is 1. The van der Waals surface area contributed by atoms with E-state index in [2.05, 4.69) is 32.9 Å². The molecule has 6 nitrogen and oxygen atoms in total. The fourth-order valence-electron chi connectivity index (χ4n) is 6.46. The van der Waals surface area contributed by atoms with E-state index < -0.39 is 18.1 Å². The molecule has 2 aliphatic carbocycles. The van der Waals surface area contributed by atoms with Crippen LogP contribution in [-0.2, 0) is 22.6 Å². The molecule has 4 unspecified atom stereocenters. The largest absolute Gasteiger partial charge is 0.322 e. The summed E-state index contributed by atoms with van der Waals surface area (Å²) in [6.45, 7) is 2.69. The maximum Gasteiger partial charge on any atom is 0.255 e. The number of carbonyl (C=O) groups is 3. The number of nitrogens with one attached hydrogen (secondary N) is 2. The summed E-state index contributed by atoms with van der Waals surface area (Å²) in [5.74, 6) is -0.599. The average Bonchev–Trinajstić information content (AvgIpc) is 3.12. The molecule has 0 radical (unpaired) electrons. The summed E-state index contributed by atoms with van der Waals surface area (Å²) in [5, 5.41) is 6.59. The van der Waals surface area contributed by atoms with Crippen LogP contribution in [0.3, 0.4) is 0 Å². The number of rotatable bonds is 5. The number of fused-ring (bicyclic) bond motifs is 1. The SMILES string of the molecule is CC1(P)CCC(NC2CCC(F)C[C@@H]2Cc2ccc3c(c2)CN(C2CCC(=O)NC2=O)C3=O)CC1. The molecule has 4 aliphatic rings. The molecular formula is C27H37FN3O3P. The van der Waals surface area contributed by atoms with Crippen molar-refractivity contribution in [2.45, 2.75) is 107 Å². The number of alkyl halides is 1. The summed E-state index contributed by atoms with van der Waals surface area (Å²) in [4.78, 5) is 38.4. The highest BCUT2D eigenvalue weighted by atomic mass is 31.0. The third-order valence-corrected chi connectivity index (χ3v) is 9.16. The lowest BCUT2D eigenvalue weighted by atomic mass is 9.78. The van der Waals surface area contributed by atoms with Crippen molar-refractivity contribution >= 4 is 27.0 Å². The lowest BCUT2D eigenvalue weighted by molar-refractivity contribution is -0.136. The molecule has 2 heterocycles. The van der Waals surface area contributed by atoms with E-state index in [1.165, 1.54) is 25.7 Å². The quantitative estimate of drug-likeness (QED) is 0.477. The first-order valence-electron chi connectivity index (χ1n) is 13.1. The van der Waals surface area contributed by atoms with Gasteiger partial charge in [0.25, 0.3) is 5.91 Å². The monoisotopic (exact) mass is 501 g/mol. The summed E-state index contributed by atoms with van der Waals surface area (Å²) >= 11 is 0. The Bertz CT molecular complexity index is 1010. The van der Waals surface area contributed by atoms with Gasteiger partial charge in [-0.3, -0.25) is 19.7 Å². The van der Waals surface area contributed by atoms with Gasteiger partial charge in [-0.05, 0) is 86.1 Å². The molecule has 0 spiro atoms. The predicted molar refractivity (Wildman–Crippen MR) is 136 cm³/mol. The second-order valence-corrected chi connectivity index (χ2v) is 12.9. The van der Waals surface area contributed by atoms with E-state index in [4.69, 9.17) is 0 Å². The number of benzene rings is 1. The van der Waals surface area contributed by atoms with Crippen LogP contribution in [0.1, 0.15) is 86.2 Å². The van der Waals surface area contributed by atoms with Gasteiger partial charge in [-0.25, -0.2) is 4.39 Å². The number of piperidine rings is 1. The molecule has 5 rings (SSSR count). The van der Waals surface area contributed by atoms with Crippen LogP contribution >= 0.6 is 9.24 Å². The Morgan fingerprint density at radius 1 is 1.14 bits per heavy atom. The van der Waals surface area contributed by atoms with Crippen molar-refractivity contribution in [1.82, 2.24) is 15.5 Å². The van der Waals surface area contributed by atoms with Crippen molar-refractivity contribution in [1.29, 1.82) is 0 Å². The molecule has 3 amide bonds. The van der Waals surface area contributed by atoms with E-state index in [-0.39, 0.29) is 24.2 Å². The van der Waals surface area contributed by atoms with Crippen LogP contribution in [0.4, 0.5) is 4.39 Å². The topological polar surface area (TPSA) is 78.5 Å². The van der Waals surface area contributed by atoms with Gasteiger partial charge in [-0.15, -0.1) is 9.24 Å². The van der Waals surface area contributed by atoms with Crippen molar-refractivity contribution < 1.29 is 18.8 Å². The van der Waals surface area contributed by atoms with Crippen molar-refractivity contribution in [3.63, 3.8) is 0 Å². The summed E-state index contributed by atoms with van der Waals surface area (Å²) < 4.78 is 14.4. The molecule has 1 saturated heterocycles. The van der Waals surface area contributed by atoms with E-state index in [1.54, 1.807) is 4.90 Å². The fourth-order valence-corrected chi connectivity index (χ4v) is 6.79. The highest BCUT2D eigenvalue weighted by molar-refractivity contribution is 7.18. The van der Waals surface area contributed by atoms with Gasteiger partial charge in [0, 0.05) is 30.6 Å². The van der Waals surface area contributed by atoms with E-state index in [0.29, 0.717) is 48.6 Å². The number of nitrogens with zero attached hydrogens (tertiary/aromatic N) is 1. The molecule has 190 valence electrons. The van der Waals surface area contributed by atoms with Gasteiger partial charge in [0.1, 0.15) is 12.2 Å². The third kappa shape index (κ3) is 5.46. The van der Waals surface area contributed by atoms with Gasteiger partial charge < -0.3 is 10.2 Å². The van der Waals surface area contributed by atoms with Gasteiger partial charge in [0.05, 0.1) is 0 Å². The summed E-state index contributed by atoms with van der Waals surface area (Å²) in [5.41, 5.74) is 2.66. The Morgan fingerprint density at radius 3 is 2.66 bits per heavy atom. The van der Waals surface area contributed by atoms with E-state index in [1.807, 2.05) is 12.1 Å². The molecule has 2 aliphatic heterocycles. The zero-order valence-electron chi connectivity index (χ0n) is 20.5. The highest BCUT2D eigenvalue weighted by Gasteiger charge is 2.39. The molecule has 8 heteroatoms. The summed E-state index contributed by atoms with van der Waals surface area (Å²) in [6, 6.07) is 6.14. The highest BCUT2D eigenvalue weighted by Crippen LogP contribution is 2.37. The molecule has 0 bridgehead atoms. The second-order valence-electron chi connectivity index (χ2n) is 11.5. The summed E-state index contributed by atoms with van der Waals surface area (Å²) in [6.07, 6.45) is 7.44. The van der Waals surface area contributed by atoms with Crippen molar-refractivity contribution in [3.05, 3.63) is 34.9 Å². The molecule has 1 aromatic carbocycles. The maximum absolute atomic E-state index is 14.4. The summed E-state index contributed by atoms with van der Waals surface area (Å²) in [7, 11) is 3.01. The minimum Gasteiger partial charge on any atom is -0.322 e. The lowest BCUT2D eigenvalue weighted by Crippen LogP contribution is -2.52. The average molecular weight is 502 g/mol. The number of hydrogen-bond donors (Lipinski definition) is 2. The number of amides is 3. The number of halogens is 1. The van der Waals surface area contributed by atoms with Crippen LogP contribution < -0.4 is 10.6 Å². The van der Waals surface area contributed by atoms with Crippen molar-refractivity contribution in [2.75, 3.05) is 0 Å². The van der Waals surface area contributed by atoms with Gasteiger partial charge in [0.15, 0.2) is 0 Å². The van der Waals surface area contributed by atoms with Gasteiger partial charge in [-0.2, -0.15) is 0 Å². The maximum atomic E-state index is 14.4. The van der Waals surface area contributed by atoms with Gasteiger partial charge in [0.2, 0.25) is 11.8 Å². The smallest absolute Gasteiger partial charge is 0.255 e. The van der Waals surface area contributed by atoms with Crippen LogP contribution in [0, 0.1) is 5.92 Å². The Morgan fingerprint density at radius 2 is 1.91 bits per heavy atom. The minimum atomic E-state index is -0.751. The van der Waals surface area contributed by atoms with Gasteiger partial charge >= 0.3 is 0 Å². The third-order valence-electron chi connectivity index (χ3n) is 8.58. The minimum absolute atomic E-state index is 0.152.